The van der Waals surface area contributed by atoms with Gasteiger partial charge in [0.05, 0.1) is 21.0 Å². The van der Waals surface area contributed by atoms with Crippen LogP contribution >= 0.6 is 27.3 Å². The van der Waals surface area contributed by atoms with E-state index in [1.165, 1.54) is 6.20 Å². The lowest BCUT2D eigenvalue weighted by atomic mass is 10.3. The van der Waals surface area contributed by atoms with Crippen molar-refractivity contribution in [2.75, 3.05) is 4.72 Å². The van der Waals surface area contributed by atoms with Gasteiger partial charge in [-0.1, -0.05) is 11.3 Å². The molecule has 0 radical (unpaired) electrons. The Balaban J connectivity index is 2.37. The first kappa shape index (κ1) is 14.8. The number of rotatable bonds is 4. The summed E-state index contributed by atoms with van der Waals surface area (Å²) < 4.78 is 40.2. The predicted octanol–water partition coefficient (Wildman–Crippen LogP) is 2.75. The molecule has 0 aliphatic carbocycles. The molecule has 0 spiro atoms. The van der Waals surface area contributed by atoms with Gasteiger partial charge in [-0.25, -0.2) is 17.8 Å². The van der Waals surface area contributed by atoms with E-state index in [1.54, 1.807) is 0 Å². The standard InChI is InChI=1S/C9H5BrFN3O4S2/c10-8-4-12-9(19-8)13-20(17,18)7-2-1-5(14(15)16)3-6(7)11/h1-4H,(H,12,13). The summed E-state index contributed by atoms with van der Waals surface area (Å²) in [4.78, 5) is 12.7. The SMILES string of the molecule is O=[N+]([O-])c1ccc(S(=O)(=O)Nc2ncc(Br)s2)c(F)c1. The van der Waals surface area contributed by atoms with Crippen molar-refractivity contribution in [3.05, 3.63) is 44.1 Å². The molecular weight excluding hydrogens is 377 g/mol. The Bertz CT molecular complexity index is 777. The van der Waals surface area contributed by atoms with Gasteiger partial charge < -0.3 is 0 Å². The van der Waals surface area contributed by atoms with Crippen molar-refractivity contribution in [1.82, 2.24) is 4.98 Å². The molecule has 1 heterocycles. The molecule has 1 N–H and O–H groups in total. The zero-order valence-corrected chi connectivity index (χ0v) is 12.6. The molecule has 0 aliphatic rings. The van der Waals surface area contributed by atoms with Gasteiger partial charge in [0.1, 0.15) is 4.90 Å². The molecule has 0 fully saturated rings. The molecule has 0 unspecified atom stereocenters. The highest BCUT2D eigenvalue weighted by Crippen LogP contribution is 2.27. The molecule has 2 aromatic rings. The number of benzene rings is 1. The zero-order chi connectivity index (χ0) is 14.9. The molecule has 20 heavy (non-hydrogen) atoms. The van der Waals surface area contributed by atoms with Crippen LogP contribution in [0.3, 0.4) is 0 Å². The van der Waals surface area contributed by atoms with Crippen molar-refractivity contribution in [2.45, 2.75) is 4.90 Å². The van der Waals surface area contributed by atoms with Gasteiger partial charge >= 0.3 is 0 Å². The first-order chi connectivity index (χ1) is 9.29. The maximum atomic E-state index is 13.7. The first-order valence-corrected chi connectivity index (χ1v) is 7.97. The third-order valence-corrected chi connectivity index (χ3v) is 5.01. The molecule has 106 valence electrons. The van der Waals surface area contributed by atoms with E-state index in [4.69, 9.17) is 0 Å². The average Bonchev–Trinajstić information content (AvgIpc) is 2.73. The lowest BCUT2D eigenvalue weighted by molar-refractivity contribution is -0.385. The van der Waals surface area contributed by atoms with Crippen LogP contribution in [0.25, 0.3) is 0 Å². The molecule has 1 aromatic heterocycles. The zero-order valence-electron chi connectivity index (χ0n) is 9.41. The number of nitrogens with one attached hydrogen (secondary N) is 1. The van der Waals surface area contributed by atoms with Crippen LogP contribution in [0.5, 0.6) is 0 Å². The lowest BCUT2D eigenvalue weighted by Gasteiger charge is -2.05. The second-order valence-electron chi connectivity index (χ2n) is 3.45. The van der Waals surface area contributed by atoms with Crippen molar-refractivity contribution < 1.29 is 17.7 Å². The molecule has 2 rings (SSSR count). The number of nitro groups is 1. The number of sulfonamides is 1. The number of non-ortho nitro benzene ring substituents is 1. The second kappa shape index (κ2) is 5.42. The molecule has 0 saturated carbocycles. The van der Waals surface area contributed by atoms with Crippen LogP contribution < -0.4 is 4.72 Å². The van der Waals surface area contributed by atoms with Gasteiger partial charge in [0.2, 0.25) is 0 Å². The van der Waals surface area contributed by atoms with Crippen LogP contribution in [0.4, 0.5) is 15.2 Å². The van der Waals surface area contributed by atoms with E-state index in [0.717, 1.165) is 23.5 Å². The van der Waals surface area contributed by atoms with E-state index in [1.807, 2.05) is 0 Å². The molecule has 0 atom stereocenters. The van der Waals surface area contributed by atoms with Crippen LogP contribution in [0.2, 0.25) is 0 Å². The summed E-state index contributed by atoms with van der Waals surface area (Å²) in [6, 6.07) is 2.29. The van der Waals surface area contributed by atoms with Gasteiger partial charge in [-0.2, -0.15) is 0 Å². The van der Waals surface area contributed by atoms with Crippen molar-refractivity contribution in [3.8, 4) is 0 Å². The Kier molecular flexibility index (Phi) is 4.01. The van der Waals surface area contributed by atoms with E-state index in [2.05, 4.69) is 25.6 Å². The summed E-state index contributed by atoms with van der Waals surface area (Å²) in [5.74, 6) is -1.21. The molecule has 11 heteroatoms. The largest absolute Gasteiger partial charge is 0.272 e. The molecule has 0 amide bonds. The van der Waals surface area contributed by atoms with E-state index in [9.17, 15) is 22.9 Å². The molecule has 0 saturated heterocycles. The fourth-order valence-corrected chi connectivity index (χ4v) is 3.70. The number of anilines is 1. The van der Waals surface area contributed by atoms with Crippen molar-refractivity contribution >= 4 is 48.1 Å². The highest BCUT2D eigenvalue weighted by molar-refractivity contribution is 9.11. The van der Waals surface area contributed by atoms with Crippen molar-refractivity contribution in [2.24, 2.45) is 0 Å². The quantitative estimate of drug-likeness (QED) is 0.647. The van der Waals surface area contributed by atoms with Gasteiger partial charge in [0.25, 0.3) is 15.7 Å². The number of nitro benzene ring substituents is 1. The van der Waals surface area contributed by atoms with Crippen molar-refractivity contribution in [3.63, 3.8) is 0 Å². The summed E-state index contributed by atoms with van der Waals surface area (Å²) in [7, 11) is -4.19. The topological polar surface area (TPSA) is 102 Å². The van der Waals surface area contributed by atoms with Gasteiger partial charge in [0.15, 0.2) is 10.9 Å². The summed E-state index contributed by atoms with van der Waals surface area (Å²) in [6.45, 7) is 0. The summed E-state index contributed by atoms with van der Waals surface area (Å²) in [6.07, 6.45) is 1.38. The highest BCUT2D eigenvalue weighted by Gasteiger charge is 2.22. The van der Waals surface area contributed by atoms with Gasteiger partial charge in [-0.05, 0) is 22.0 Å². The fraction of sp³-hybridized carbons (Fsp3) is 0. The monoisotopic (exact) mass is 381 g/mol. The number of aromatic nitrogens is 1. The average molecular weight is 382 g/mol. The third kappa shape index (κ3) is 3.11. The van der Waals surface area contributed by atoms with E-state index in [-0.39, 0.29) is 5.13 Å². The van der Waals surface area contributed by atoms with E-state index in [0.29, 0.717) is 9.85 Å². The minimum atomic E-state index is -4.19. The second-order valence-corrected chi connectivity index (χ2v) is 7.51. The minimum Gasteiger partial charge on any atom is -0.258 e. The van der Waals surface area contributed by atoms with Crippen LogP contribution in [0, 0.1) is 15.9 Å². The minimum absolute atomic E-state index is 0.0506. The van der Waals surface area contributed by atoms with E-state index < -0.39 is 31.3 Å². The predicted molar refractivity (Wildman–Crippen MR) is 73.7 cm³/mol. The van der Waals surface area contributed by atoms with Crippen LogP contribution in [-0.4, -0.2) is 18.3 Å². The molecular formula is C9H5BrFN3O4S2. The summed E-state index contributed by atoms with van der Waals surface area (Å²) in [5.41, 5.74) is -0.529. The third-order valence-electron chi connectivity index (χ3n) is 2.11. The van der Waals surface area contributed by atoms with Crippen LogP contribution in [0.1, 0.15) is 0 Å². The smallest absolute Gasteiger partial charge is 0.258 e. The van der Waals surface area contributed by atoms with Gasteiger partial charge in [-0.15, -0.1) is 0 Å². The Hall–Kier alpha value is -1.59. The number of nitrogens with zero attached hydrogens (tertiary/aromatic N) is 2. The van der Waals surface area contributed by atoms with Crippen molar-refractivity contribution in [1.29, 1.82) is 0 Å². The Morgan fingerprint density at radius 3 is 2.65 bits per heavy atom. The number of halogens is 2. The molecule has 0 bridgehead atoms. The Morgan fingerprint density at radius 2 is 2.15 bits per heavy atom. The normalized spacial score (nSPS) is 11.3. The lowest BCUT2D eigenvalue weighted by Crippen LogP contribution is -2.14. The number of thiazole rings is 1. The maximum Gasteiger partial charge on any atom is 0.272 e. The fourth-order valence-electron chi connectivity index (χ4n) is 1.29. The van der Waals surface area contributed by atoms with Crippen LogP contribution in [0.15, 0.2) is 33.1 Å². The summed E-state index contributed by atoms with van der Waals surface area (Å²) in [5, 5.41) is 10.5. The maximum absolute atomic E-state index is 13.7. The van der Waals surface area contributed by atoms with Gasteiger partial charge in [0, 0.05) is 6.07 Å². The number of hydrogen-bond acceptors (Lipinski definition) is 6. The van der Waals surface area contributed by atoms with Crippen LogP contribution in [-0.2, 0) is 10.0 Å². The summed E-state index contributed by atoms with van der Waals surface area (Å²) >= 11 is 4.12. The first-order valence-electron chi connectivity index (χ1n) is 4.88. The Morgan fingerprint density at radius 1 is 1.45 bits per heavy atom. The molecule has 0 aliphatic heterocycles. The van der Waals surface area contributed by atoms with Gasteiger partial charge in [-0.3, -0.25) is 14.8 Å². The highest BCUT2D eigenvalue weighted by atomic mass is 79.9. The Labute approximate surface area is 124 Å². The number of hydrogen-bond donors (Lipinski definition) is 1. The van der Waals surface area contributed by atoms with E-state index >= 15 is 0 Å². The molecule has 7 nitrogen and oxygen atoms in total. The molecule has 1 aromatic carbocycles.